The third-order valence-electron chi connectivity index (χ3n) is 2.86. The number of benzene rings is 1. The van der Waals surface area contributed by atoms with Gasteiger partial charge in [0.25, 0.3) is 0 Å². The van der Waals surface area contributed by atoms with E-state index in [4.69, 9.17) is 21.5 Å². The topological polar surface area (TPSA) is 105 Å². The van der Waals surface area contributed by atoms with Crippen LogP contribution in [0.2, 0.25) is 0 Å². The van der Waals surface area contributed by atoms with Crippen molar-refractivity contribution in [3.8, 4) is 6.07 Å². The maximum Gasteiger partial charge on any atom is 0.248 e. The number of nitriles is 1. The summed E-state index contributed by atoms with van der Waals surface area (Å²) >= 11 is 0. The Balaban J connectivity index is 2.23. The predicted molar refractivity (Wildman–Crippen MR) is 66.9 cm³/mol. The molecule has 1 heterocycles. The van der Waals surface area contributed by atoms with Gasteiger partial charge >= 0.3 is 0 Å². The molecule has 1 unspecified atom stereocenters. The Bertz CT molecular complexity index is 509. The number of nitrogens with zero attached hydrogens (tertiary/aromatic N) is 2. The molecule has 18 heavy (non-hydrogen) atoms. The molecule has 0 saturated carbocycles. The van der Waals surface area contributed by atoms with E-state index in [1.54, 1.807) is 18.2 Å². The van der Waals surface area contributed by atoms with Crippen LogP contribution in [0.4, 0.5) is 11.4 Å². The van der Waals surface area contributed by atoms with Gasteiger partial charge in [-0.2, -0.15) is 5.26 Å². The van der Waals surface area contributed by atoms with Crippen molar-refractivity contribution in [1.29, 1.82) is 5.26 Å². The van der Waals surface area contributed by atoms with Gasteiger partial charge in [-0.3, -0.25) is 4.79 Å². The second-order valence-electron chi connectivity index (χ2n) is 4.07. The Labute approximate surface area is 105 Å². The van der Waals surface area contributed by atoms with Crippen LogP contribution in [0, 0.1) is 11.3 Å². The largest absolute Gasteiger partial charge is 0.397 e. The summed E-state index contributed by atoms with van der Waals surface area (Å²) in [6.07, 6.45) is -0.450. The molecule has 1 atom stereocenters. The van der Waals surface area contributed by atoms with E-state index in [1.807, 2.05) is 4.90 Å². The summed E-state index contributed by atoms with van der Waals surface area (Å²) in [7, 11) is 0. The first kappa shape index (κ1) is 12.2. The first-order valence-electron chi connectivity index (χ1n) is 5.57. The van der Waals surface area contributed by atoms with E-state index in [0.29, 0.717) is 30.9 Å². The van der Waals surface area contributed by atoms with Gasteiger partial charge in [0.15, 0.2) is 6.10 Å². The normalized spacial score (nSPS) is 19.3. The summed E-state index contributed by atoms with van der Waals surface area (Å²) in [5, 5.41) is 8.85. The molecule has 1 amide bonds. The van der Waals surface area contributed by atoms with Gasteiger partial charge in [-0.15, -0.1) is 0 Å². The molecule has 0 spiro atoms. The van der Waals surface area contributed by atoms with E-state index in [2.05, 4.69) is 6.07 Å². The quantitative estimate of drug-likeness (QED) is 0.720. The molecule has 0 aromatic heterocycles. The Kier molecular flexibility index (Phi) is 3.35. The van der Waals surface area contributed by atoms with Crippen LogP contribution in [-0.2, 0) is 4.74 Å². The molecular formula is C12H14N4O2. The fourth-order valence-corrected chi connectivity index (χ4v) is 1.94. The van der Waals surface area contributed by atoms with Gasteiger partial charge in [0.05, 0.1) is 30.6 Å². The van der Waals surface area contributed by atoms with Crippen LogP contribution >= 0.6 is 0 Å². The Morgan fingerprint density at radius 3 is 2.94 bits per heavy atom. The van der Waals surface area contributed by atoms with Crippen molar-refractivity contribution < 1.29 is 9.53 Å². The minimum Gasteiger partial charge on any atom is -0.397 e. The van der Waals surface area contributed by atoms with Crippen molar-refractivity contribution >= 4 is 17.3 Å². The highest BCUT2D eigenvalue weighted by molar-refractivity contribution is 5.94. The number of amides is 1. The summed E-state index contributed by atoms with van der Waals surface area (Å²) in [6.45, 7) is 1.62. The van der Waals surface area contributed by atoms with E-state index < -0.39 is 12.0 Å². The lowest BCUT2D eigenvalue weighted by Crippen LogP contribution is -2.42. The number of hydrogen-bond acceptors (Lipinski definition) is 5. The number of nitrogens with two attached hydrogens (primary N) is 2. The first-order valence-corrected chi connectivity index (χ1v) is 5.57. The molecule has 2 rings (SSSR count). The molecule has 6 nitrogen and oxygen atoms in total. The van der Waals surface area contributed by atoms with Crippen molar-refractivity contribution in [2.75, 3.05) is 30.3 Å². The van der Waals surface area contributed by atoms with Gasteiger partial charge < -0.3 is 21.1 Å². The number of morpholine rings is 1. The number of carbonyl (C=O) groups excluding carboxylic acids is 1. The lowest BCUT2D eigenvalue weighted by atomic mass is 10.1. The zero-order valence-electron chi connectivity index (χ0n) is 9.80. The summed E-state index contributed by atoms with van der Waals surface area (Å²) in [5.41, 5.74) is 12.7. The average Bonchev–Trinajstić information content (AvgIpc) is 2.38. The highest BCUT2D eigenvalue weighted by atomic mass is 16.5. The first-order chi connectivity index (χ1) is 8.61. The lowest BCUT2D eigenvalue weighted by Gasteiger charge is -2.32. The summed E-state index contributed by atoms with van der Waals surface area (Å²) < 4.78 is 5.26. The van der Waals surface area contributed by atoms with Crippen LogP contribution < -0.4 is 16.4 Å². The van der Waals surface area contributed by atoms with Gasteiger partial charge in [-0.05, 0) is 18.2 Å². The van der Waals surface area contributed by atoms with Crippen LogP contribution in [0.1, 0.15) is 10.4 Å². The standard InChI is InChI=1S/C12H14N4O2/c13-6-9-7-16(3-4-18-9)11-2-1-8(12(15)17)5-10(11)14/h1-2,5,9H,3-4,7,14H2,(H2,15,17). The van der Waals surface area contributed by atoms with E-state index in [9.17, 15) is 4.79 Å². The lowest BCUT2D eigenvalue weighted by molar-refractivity contribution is 0.0765. The molecule has 1 aliphatic heterocycles. The van der Waals surface area contributed by atoms with Crippen LogP contribution in [0.25, 0.3) is 0 Å². The molecule has 1 saturated heterocycles. The fraction of sp³-hybridized carbons (Fsp3) is 0.333. The number of primary amides is 1. The van der Waals surface area contributed by atoms with E-state index in [1.165, 1.54) is 0 Å². The van der Waals surface area contributed by atoms with Gasteiger partial charge in [0.1, 0.15) is 0 Å². The highest BCUT2D eigenvalue weighted by Gasteiger charge is 2.21. The minimum absolute atomic E-state index is 0.376. The number of carbonyl (C=O) groups is 1. The van der Waals surface area contributed by atoms with E-state index in [-0.39, 0.29) is 0 Å². The average molecular weight is 246 g/mol. The SMILES string of the molecule is N#CC1CN(c2ccc(C(N)=O)cc2N)CCO1. The minimum atomic E-state index is -0.509. The second-order valence-corrected chi connectivity index (χ2v) is 4.07. The maximum absolute atomic E-state index is 11.0. The Morgan fingerprint density at radius 2 is 2.33 bits per heavy atom. The predicted octanol–water partition coefficient (Wildman–Crippen LogP) is 0.0965. The maximum atomic E-state index is 11.0. The molecule has 0 radical (unpaired) electrons. The number of ether oxygens (including phenoxy) is 1. The van der Waals surface area contributed by atoms with Gasteiger partial charge in [-0.25, -0.2) is 0 Å². The monoisotopic (exact) mass is 246 g/mol. The van der Waals surface area contributed by atoms with Crippen molar-refractivity contribution in [3.05, 3.63) is 23.8 Å². The number of hydrogen-bond donors (Lipinski definition) is 2. The molecule has 94 valence electrons. The molecule has 0 bridgehead atoms. The number of nitrogen functional groups attached to an aromatic ring is 1. The highest BCUT2D eigenvalue weighted by Crippen LogP contribution is 2.26. The number of anilines is 2. The summed E-state index contributed by atoms with van der Waals surface area (Å²) in [5.74, 6) is -0.509. The van der Waals surface area contributed by atoms with E-state index in [0.717, 1.165) is 5.69 Å². The van der Waals surface area contributed by atoms with Crippen LogP contribution in [0.5, 0.6) is 0 Å². The second kappa shape index (κ2) is 4.94. The molecule has 6 heteroatoms. The third-order valence-corrected chi connectivity index (χ3v) is 2.86. The Hall–Kier alpha value is -2.26. The van der Waals surface area contributed by atoms with Crippen molar-refractivity contribution in [2.24, 2.45) is 5.73 Å². The van der Waals surface area contributed by atoms with Crippen molar-refractivity contribution in [3.63, 3.8) is 0 Å². The molecule has 1 fully saturated rings. The molecule has 4 N–H and O–H groups in total. The zero-order valence-corrected chi connectivity index (χ0v) is 9.80. The van der Waals surface area contributed by atoms with Crippen LogP contribution in [0.15, 0.2) is 18.2 Å². The summed E-state index contributed by atoms with van der Waals surface area (Å²) in [6, 6.07) is 7.00. The molecular weight excluding hydrogens is 232 g/mol. The fourth-order valence-electron chi connectivity index (χ4n) is 1.94. The molecule has 1 aromatic carbocycles. The van der Waals surface area contributed by atoms with Gasteiger partial charge in [-0.1, -0.05) is 0 Å². The van der Waals surface area contributed by atoms with Gasteiger partial charge in [0, 0.05) is 12.1 Å². The third kappa shape index (κ3) is 2.36. The van der Waals surface area contributed by atoms with Gasteiger partial charge in [0.2, 0.25) is 5.91 Å². The molecule has 0 aliphatic carbocycles. The van der Waals surface area contributed by atoms with Crippen LogP contribution in [0.3, 0.4) is 0 Å². The van der Waals surface area contributed by atoms with E-state index >= 15 is 0 Å². The van der Waals surface area contributed by atoms with Crippen molar-refractivity contribution in [1.82, 2.24) is 0 Å². The Morgan fingerprint density at radius 1 is 1.56 bits per heavy atom. The smallest absolute Gasteiger partial charge is 0.248 e. The number of rotatable bonds is 2. The summed E-state index contributed by atoms with van der Waals surface area (Å²) in [4.78, 5) is 13.0. The van der Waals surface area contributed by atoms with Crippen LogP contribution in [-0.4, -0.2) is 31.7 Å². The van der Waals surface area contributed by atoms with Crippen molar-refractivity contribution in [2.45, 2.75) is 6.10 Å². The zero-order chi connectivity index (χ0) is 13.1. The molecule has 1 aromatic rings. The molecule has 1 aliphatic rings.